The number of hydrogen-bond acceptors (Lipinski definition) is 1. The highest BCUT2D eigenvalue weighted by Crippen LogP contribution is 2.36. The molecule has 108 valence electrons. The Bertz CT molecular complexity index is 739. The van der Waals surface area contributed by atoms with E-state index in [-0.39, 0.29) is 0 Å². The van der Waals surface area contributed by atoms with Crippen molar-refractivity contribution in [3.8, 4) is 11.1 Å². The van der Waals surface area contributed by atoms with Crippen molar-refractivity contribution in [1.82, 2.24) is 0 Å². The molecule has 0 aliphatic rings. The van der Waals surface area contributed by atoms with Crippen LogP contribution in [0, 0.1) is 0 Å². The van der Waals surface area contributed by atoms with Gasteiger partial charge in [0.2, 0.25) is 0 Å². The number of rotatable bonds is 3. The van der Waals surface area contributed by atoms with E-state index in [0.717, 1.165) is 11.6 Å². The summed E-state index contributed by atoms with van der Waals surface area (Å²) in [4.78, 5) is 10.6. The van der Waals surface area contributed by atoms with Gasteiger partial charge < -0.3 is 5.11 Å². The average Bonchev–Trinajstić information content (AvgIpc) is 2.42. The summed E-state index contributed by atoms with van der Waals surface area (Å²) in [6, 6.07) is 8.37. The minimum absolute atomic E-state index is 0.366. The lowest BCUT2D eigenvalue weighted by Gasteiger charge is -2.09. The van der Waals surface area contributed by atoms with Crippen molar-refractivity contribution < 1.29 is 9.90 Å². The zero-order chi connectivity index (χ0) is 15.6. The smallest absolute Gasteiger partial charge is 0.328 e. The molecule has 21 heavy (non-hydrogen) atoms. The molecule has 0 aliphatic carbocycles. The predicted octanol–water partition coefficient (Wildman–Crippen LogP) is 6.07. The maximum absolute atomic E-state index is 10.6. The van der Waals surface area contributed by atoms with Gasteiger partial charge in [0.25, 0.3) is 0 Å². The van der Waals surface area contributed by atoms with Crippen LogP contribution in [0.25, 0.3) is 17.2 Å². The number of aliphatic carboxylic acids is 1. The standard InChI is InChI=1S/C15H8Cl4O2/c16-11-3-1-8(5-9(11)2-4-15(20)21)10-6-13(18)14(19)7-12(10)17/h1-7H,(H,20,21)/b4-2+. The third-order valence-corrected chi connectivity index (χ3v) is 4.10. The van der Waals surface area contributed by atoms with E-state index in [1.807, 2.05) is 0 Å². The molecular weight excluding hydrogens is 354 g/mol. The zero-order valence-electron chi connectivity index (χ0n) is 10.4. The van der Waals surface area contributed by atoms with Gasteiger partial charge in [-0.1, -0.05) is 52.5 Å². The lowest BCUT2D eigenvalue weighted by Crippen LogP contribution is -1.87. The lowest BCUT2D eigenvalue weighted by atomic mass is 10.0. The van der Waals surface area contributed by atoms with Crippen molar-refractivity contribution >= 4 is 58.4 Å². The Morgan fingerprint density at radius 3 is 2.24 bits per heavy atom. The SMILES string of the molecule is O=C(O)/C=C/c1cc(-c2cc(Cl)c(Cl)cc2Cl)ccc1Cl. The van der Waals surface area contributed by atoms with Gasteiger partial charge in [-0.3, -0.25) is 0 Å². The van der Waals surface area contributed by atoms with Crippen molar-refractivity contribution in [2.75, 3.05) is 0 Å². The topological polar surface area (TPSA) is 37.3 Å². The Hall–Kier alpha value is -1.19. The molecule has 0 bridgehead atoms. The van der Waals surface area contributed by atoms with Crippen LogP contribution in [0.1, 0.15) is 5.56 Å². The van der Waals surface area contributed by atoms with Gasteiger partial charge >= 0.3 is 5.97 Å². The first-order valence-electron chi connectivity index (χ1n) is 5.74. The Morgan fingerprint density at radius 1 is 0.905 bits per heavy atom. The van der Waals surface area contributed by atoms with E-state index in [4.69, 9.17) is 51.5 Å². The van der Waals surface area contributed by atoms with Crippen LogP contribution < -0.4 is 0 Å². The molecule has 0 amide bonds. The highest BCUT2D eigenvalue weighted by atomic mass is 35.5. The number of carbonyl (C=O) groups is 1. The van der Waals surface area contributed by atoms with E-state index in [9.17, 15) is 4.79 Å². The van der Waals surface area contributed by atoms with Gasteiger partial charge in [0.05, 0.1) is 10.0 Å². The summed E-state index contributed by atoms with van der Waals surface area (Å²) >= 11 is 24.1. The molecule has 0 saturated carbocycles. The second-order valence-electron chi connectivity index (χ2n) is 4.15. The van der Waals surface area contributed by atoms with E-state index >= 15 is 0 Å². The molecule has 0 aliphatic heterocycles. The minimum atomic E-state index is -1.05. The van der Waals surface area contributed by atoms with E-state index in [2.05, 4.69) is 0 Å². The van der Waals surface area contributed by atoms with E-state index in [1.165, 1.54) is 6.08 Å². The molecule has 1 N–H and O–H groups in total. The monoisotopic (exact) mass is 360 g/mol. The number of carboxylic acids is 1. The van der Waals surface area contributed by atoms with Crippen molar-refractivity contribution in [2.24, 2.45) is 0 Å². The maximum atomic E-state index is 10.6. The summed E-state index contributed by atoms with van der Waals surface area (Å²) in [5.41, 5.74) is 2.01. The van der Waals surface area contributed by atoms with Crippen LogP contribution in [0.4, 0.5) is 0 Å². The maximum Gasteiger partial charge on any atom is 0.328 e. The van der Waals surface area contributed by atoms with E-state index in [1.54, 1.807) is 30.3 Å². The fourth-order valence-electron chi connectivity index (χ4n) is 1.74. The normalized spacial score (nSPS) is 11.0. The lowest BCUT2D eigenvalue weighted by molar-refractivity contribution is -0.131. The first-order chi connectivity index (χ1) is 9.88. The van der Waals surface area contributed by atoms with Crippen LogP contribution in [-0.4, -0.2) is 11.1 Å². The molecule has 6 heteroatoms. The number of halogens is 4. The van der Waals surface area contributed by atoms with Crippen LogP contribution in [0.15, 0.2) is 36.4 Å². The summed E-state index contributed by atoms with van der Waals surface area (Å²) in [7, 11) is 0. The third kappa shape index (κ3) is 3.92. The first-order valence-corrected chi connectivity index (χ1v) is 7.25. The molecule has 2 nitrogen and oxygen atoms in total. The van der Waals surface area contributed by atoms with Gasteiger partial charge in [-0.05, 0) is 41.5 Å². The molecule has 0 unspecified atom stereocenters. The summed E-state index contributed by atoms with van der Waals surface area (Å²) in [6.45, 7) is 0. The van der Waals surface area contributed by atoms with Crippen LogP contribution in [-0.2, 0) is 4.79 Å². The Balaban J connectivity index is 2.53. The Labute approximate surface area is 141 Å². The van der Waals surface area contributed by atoms with Crippen molar-refractivity contribution in [3.63, 3.8) is 0 Å². The molecule has 2 aromatic carbocycles. The van der Waals surface area contributed by atoms with Gasteiger partial charge in [-0.15, -0.1) is 0 Å². The van der Waals surface area contributed by atoms with Gasteiger partial charge in [0.15, 0.2) is 0 Å². The molecule has 0 spiro atoms. The third-order valence-electron chi connectivity index (χ3n) is 2.72. The van der Waals surface area contributed by atoms with Gasteiger partial charge in [0.1, 0.15) is 0 Å². The summed E-state index contributed by atoms with van der Waals surface area (Å²) in [5, 5.41) is 10.3. The highest BCUT2D eigenvalue weighted by molar-refractivity contribution is 6.44. The van der Waals surface area contributed by atoms with Crippen molar-refractivity contribution in [3.05, 3.63) is 62.1 Å². The second-order valence-corrected chi connectivity index (χ2v) is 5.78. The minimum Gasteiger partial charge on any atom is -0.478 e. The molecule has 0 aromatic heterocycles. The van der Waals surface area contributed by atoms with Crippen molar-refractivity contribution in [2.45, 2.75) is 0 Å². The van der Waals surface area contributed by atoms with E-state index < -0.39 is 5.97 Å². The summed E-state index contributed by atoms with van der Waals surface area (Å²) in [5.74, 6) is -1.05. The molecule has 0 saturated heterocycles. The predicted molar refractivity (Wildman–Crippen MR) is 88.6 cm³/mol. The van der Waals surface area contributed by atoms with Gasteiger partial charge in [-0.25, -0.2) is 4.79 Å². The Kier molecular flexibility index (Phi) is 5.17. The van der Waals surface area contributed by atoms with Crippen LogP contribution >= 0.6 is 46.4 Å². The molecule has 0 radical (unpaired) electrons. The second kappa shape index (κ2) is 6.71. The van der Waals surface area contributed by atoms with Crippen LogP contribution in [0.5, 0.6) is 0 Å². The molecule has 0 atom stereocenters. The van der Waals surface area contributed by atoms with Crippen LogP contribution in [0.2, 0.25) is 20.1 Å². The largest absolute Gasteiger partial charge is 0.478 e. The molecule has 0 fully saturated rings. The van der Waals surface area contributed by atoms with Crippen molar-refractivity contribution in [1.29, 1.82) is 0 Å². The van der Waals surface area contributed by atoms with Gasteiger partial charge in [-0.2, -0.15) is 0 Å². The van der Waals surface area contributed by atoms with Crippen LogP contribution in [0.3, 0.4) is 0 Å². The summed E-state index contributed by atoms with van der Waals surface area (Å²) in [6.07, 6.45) is 2.43. The number of benzene rings is 2. The molecular formula is C15H8Cl4O2. The average molecular weight is 362 g/mol. The first kappa shape index (κ1) is 16.2. The number of hydrogen-bond donors (Lipinski definition) is 1. The van der Waals surface area contributed by atoms with Gasteiger partial charge in [0, 0.05) is 21.7 Å². The Morgan fingerprint density at radius 2 is 1.57 bits per heavy atom. The van der Waals surface area contributed by atoms with E-state index in [0.29, 0.717) is 31.2 Å². The fraction of sp³-hybridized carbons (Fsp3) is 0. The summed E-state index contributed by atoms with van der Waals surface area (Å²) < 4.78 is 0. The number of carboxylic acid groups (broad SMARTS) is 1. The molecule has 2 rings (SSSR count). The molecule has 2 aromatic rings. The molecule has 0 heterocycles. The zero-order valence-corrected chi connectivity index (χ0v) is 13.4. The highest BCUT2D eigenvalue weighted by Gasteiger charge is 2.09. The quantitative estimate of drug-likeness (QED) is 0.532. The fourth-order valence-corrected chi connectivity index (χ4v) is 2.58.